The summed E-state index contributed by atoms with van der Waals surface area (Å²) >= 11 is 0. The summed E-state index contributed by atoms with van der Waals surface area (Å²) in [6.07, 6.45) is 0. The number of hydrogen-bond acceptors (Lipinski definition) is 3. The Hall–Kier alpha value is -1.55. The van der Waals surface area contributed by atoms with Crippen molar-refractivity contribution in [2.75, 3.05) is 20.2 Å². The normalized spacial score (nSPS) is 12.3. The molecule has 0 aliphatic heterocycles. The van der Waals surface area contributed by atoms with Gasteiger partial charge in [-0.05, 0) is 37.0 Å². The summed E-state index contributed by atoms with van der Waals surface area (Å²) in [6.45, 7) is 8.66. The molecule has 112 valence electrons. The van der Waals surface area contributed by atoms with Gasteiger partial charge in [-0.3, -0.25) is 4.79 Å². The van der Waals surface area contributed by atoms with Crippen LogP contribution in [0, 0.1) is 6.92 Å². The van der Waals surface area contributed by atoms with Crippen molar-refractivity contribution < 1.29 is 9.53 Å². The number of benzene rings is 1. The van der Waals surface area contributed by atoms with Crippen molar-refractivity contribution in [3.8, 4) is 5.75 Å². The molecule has 1 amide bonds. The second kappa shape index (κ2) is 7.29. The van der Waals surface area contributed by atoms with Crippen molar-refractivity contribution in [3.05, 3.63) is 29.3 Å². The van der Waals surface area contributed by atoms with Crippen LogP contribution in [0.4, 0.5) is 0 Å². The van der Waals surface area contributed by atoms with Gasteiger partial charge in [0.25, 0.3) is 5.91 Å². The zero-order valence-corrected chi connectivity index (χ0v) is 13.1. The molecule has 1 aromatic carbocycles. The number of aryl methyl sites for hydroxylation is 1. The average Bonchev–Trinajstić information content (AvgIpc) is 2.42. The minimum atomic E-state index is -0.0563. The van der Waals surface area contributed by atoms with Crippen molar-refractivity contribution in [2.24, 2.45) is 5.73 Å². The van der Waals surface area contributed by atoms with Gasteiger partial charge in [0.05, 0.1) is 0 Å². The van der Waals surface area contributed by atoms with Gasteiger partial charge in [0, 0.05) is 19.6 Å². The largest absolute Gasteiger partial charge is 0.483 e. The lowest BCUT2D eigenvalue weighted by Crippen LogP contribution is -2.42. The lowest BCUT2D eigenvalue weighted by molar-refractivity contribution is -0.133. The Kier molecular flexibility index (Phi) is 6.02. The fourth-order valence-corrected chi connectivity index (χ4v) is 1.89. The van der Waals surface area contributed by atoms with E-state index in [9.17, 15) is 4.79 Å². The number of ether oxygens (including phenoxy) is 1. The Morgan fingerprint density at radius 2 is 2.00 bits per heavy atom. The standard InChI is InChI=1S/C16H26N2O2/c1-11(2)14-7-6-12(3)8-15(14)20-10-16(19)18(5)13(4)9-17/h6-8,11,13H,9-10,17H2,1-5H3. The highest BCUT2D eigenvalue weighted by Gasteiger charge is 2.16. The first-order chi connectivity index (χ1) is 9.36. The maximum absolute atomic E-state index is 12.0. The van der Waals surface area contributed by atoms with Gasteiger partial charge in [0.1, 0.15) is 5.75 Å². The van der Waals surface area contributed by atoms with Gasteiger partial charge in [-0.1, -0.05) is 26.0 Å². The molecular weight excluding hydrogens is 252 g/mol. The molecule has 0 aliphatic carbocycles. The van der Waals surface area contributed by atoms with E-state index in [1.165, 1.54) is 0 Å². The zero-order valence-electron chi connectivity index (χ0n) is 13.1. The molecule has 0 radical (unpaired) electrons. The van der Waals surface area contributed by atoms with E-state index in [0.717, 1.165) is 16.9 Å². The maximum atomic E-state index is 12.0. The highest BCUT2D eigenvalue weighted by Crippen LogP contribution is 2.27. The molecule has 0 spiro atoms. The summed E-state index contributed by atoms with van der Waals surface area (Å²) in [6, 6.07) is 6.13. The van der Waals surface area contributed by atoms with E-state index in [4.69, 9.17) is 10.5 Å². The fourth-order valence-electron chi connectivity index (χ4n) is 1.89. The SMILES string of the molecule is Cc1ccc(C(C)C)c(OCC(=O)N(C)C(C)CN)c1. The van der Waals surface area contributed by atoms with Crippen molar-refractivity contribution >= 4 is 5.91 Å². The van der Waals surface area contributed by atoms with Crippen LogP contribution >= 0.6 is 0 Å². The summed E-state index contributed by atoms with van der Waals surface area (Å²) in [5.41, 5.74) is 7.82. The topological polar surface area (TPSA) is 55.6 Å². The first-order valence-corrected chi connectivity index (χ1v) is 7.05. The Morgan fingerprint density at radius 1 is 1.35 bits per heavy atom. The van der Waals surface area contributed by atoms with Gasteiger partial charge < -0.3 is 15.4 Å². The van der Waals surface area contributed by atoms with Crippen molar-refractivity contribution in [3.63, 3.8) is 0 Å². The molecule has 0 aliphatic rings. The Morgan fingerprint density at radius 3 is 2.55 bits per heavy atom. The van der Waals surface area contributed by atoms with E-state index in [1.54, 1.807) is 11.9 Å². The van der Waals surface area contributed by atoms with Gasteiger partial charge in [-0.2, -0.15) is 0 Å². The predicted molar refractivity (Wildman–Crippen MR) is 82.0 cm³/mol. The summed E-state index contributed by atoms with van der Waals surface area (Å²) < 4.78 is 5.72. The zero-order chi connectivity index (χ0) is 15.3. The quantitative estimate of drug-likeness (QED) is 0.868. The van der Waals surface area contributed by atoms with Crippen LogP contribution in [0.25, 0.3) is 0 Å². The molecule has 4 heteroatoms. The van der Waals surface area contributed by atoms with E-state index in [2.05, 4.69) is 26.0 Å². The number of amides is 1. The van der Waals surface area contributed by atoms with Crippen LogP contribution < -0.4 is 10.5 Å². The Bertz CT molecular complexity index is 458. The maximum Gasteiger partial charge on any atom is 0.260 e. The minimum Gasteiger partial charge on any atom is -0.483 e. The average molecular weight is 278 g/mol. The first kappa shape index (κ1) is 16.5. The molecule has 0 aromatic heterocycles. The molecule has 1 aromatic rings. The molecule has 4 nitrogen and oxygen atoms in total. The molecule has 0 saturated heterocycles. The number of carbonyl (C=O) groups excluding carboxylic acids is 1. The van der Waals surface area contributed by atoms with Gasteiger partial charge in [0.2, 0.25) is 0 Å². The smallest absolute Gasteiger partial charge is 0.260 e. The van der Waals surface area contributed by atoms with Gasteiger partial charge in [-0.25, -0.2) is 0 Å². The van der Waals surface area contributed by atoms with Gasteiger partial charge in [-0.15, -0.1) is 0 Å². The lowest BCUT2D eigenvalue weighted by atomic mass is 10.0. The monoisotopic (exact) mass is 278 g/mol. The van der Waals surface area contributed by atoms with Crippen LogP contribution in [-0.4, -0.2) is 37.0 Å². The number of nitrogens with two attached hydrogens (primary N) is 1. The van der Waals surface area contributed by atoms with Crippen molar-refractivity contribution in [1.82, 2.24) is 4.90 Å². The predicted octanol–water partition coefficient (Wildman–Crippen LogP) is 2.30. The molecule has 1 unspecified atom stereocenters. The Labute approximate surface area is 121 Å². The molecule has 0 bridgehead atoms. The first-order valence-electron chi connectivity index (χ1n) is 7.05. The van der Waals surface area contributed by atoms with Crippen LogP contribution in [0.1, 0.15) is 37.8 Å². The highest BCUT2D eigenvalue weighted by molar-refractivity contribution is 5.77. The number of carbonyl (C=O) groups is 1. The van der Waals surface area contributed by atoms with Crippen LogP contribution in [0.2, 0.25) is 0 Å². The summed E-state index contributed by atoms with van der Waals surface area (Å²) in [4.78, 5) is 13.7. The molecule has 0 saturated carbocycles. The third-order valence-corrected chi connectivity index (χ3v) is 3.54. The number of nitrogens with zero attached hydrogens (tertiary/aromatic N) is 1. The van der Waals surface area contributed by atoms with E-state index in [-0.39, 0.29) is 18.6 Å². The van der Waals surface area contributed by atoms with Crippen LogP contribution in [-0.2, 0) is 4.79 Å². The van der Waals surface area contributed by atoms with E-state index < -0.39 is 0 Å². The lowest BCUT2D eigenvalue weighted by Gasteiger charge is -2.24. The van der Waals surface area contributed by atoms with E-state index in [1.807, 2.05) is 19.9 Å². The minimum absolute atomic E-state index is 0.0215. The third kappa shape index (κ3) is 4.23. The van der Waals surface area contributed by atoms with E-state index >= 15 is 0 Å². The molecule has 0 fully saturated rings. The summed E-state index contributed by atoms with van der Waals surface area (Å²) in [7, 11) is 1.75. The van der Waals surface area contributed by atoms with Crippen LogP contribution in [0.5, 0.6) is 5.75 Å². The van der Waals surface area contributed by atoms with Crippen LogP contribution in [0.3, 0.4) is 0 Å². The number of hydrogen-bond donors (Lipinski definition) is 1. The Balaban J connectivity index is 2.74. The second-order valence-electron chi connectivity index (χ2n) is 5.57. The molecule has 2 N–H and O–H groups in total. The molecule has 1 rings (SSSR count). The van der Waals surface area contributed by atoms with Crippen LogP contribution in [0.15, 0.2) is 18.2 Å². The third-order valence-electron chi connectivity index (χ3n) is 3.54. The molecule has 1 atom stereocenters. The summed E-state index contributed by atoms with van der Waals surface area (Å²) in [5, 5.41) is 0. The fraction of sp³-hybridized carbons (Fsp3) is 0.562. The van der Waals surface area contributed by atoms with Gasteiger partial charge >= 0.3 is 0 Å². The van der Waals surface area contributed by atoms with E-state index in [0.29, 0.717) is 12.5 Å². The summed E-state index contributed by atoms with van der Waals surface area (Å²) in [5.74, 6) is 1.10. The second-order valence-corrected chi connectivity index (χ2v) is 5.57. The van der Waals surface area contributed by atoms with Crippen molar-refractivity contribution in [2.45, 2.75) is 39.7 Å². The molecule has 20 heavy (non-hydrogen) atoms. The number of likely N-dealkylation sites (N-methyl/N-ethyl adjacent to an activating group) is 1. The van der Waals surface area contributed by atoms with Gasteiger partial charge in [0.15, 0.2) is 6.61 Å². The highest BCUT2D eigenvalue weighted by atomic mass is 16.5. The molecule has 0 heterocycles. The molecular formula is C16H26N2O2. The van der Waals surface area contributed by atoms with Crippen molar-refractivity contribution in [1.29, 1.82) is 0 Å². The number of rotatable bonds is 6.